The van der Waals surface area contributed by atoms with E-state index < -0.39 is 10.0 Å². The molecule has 2 amide bonds. The van der Waals surface area contributed by atoms with Gasteiger partial charge in [-0.15, -0.1) is 0 Å². The van der Waals surface area contributed by atoms with E-state index in [9.17, 15) is 18.0 Å². The molecule has 1 aliphatic carbocycles. The number of benzene rings is 1. The Labute approximate surface area is 166 Å². The highest BCUT2D eigenvalue weighted by atomic mass is 32.2. The molecule has 1 aromatic rings. The Morgan fingerprint density at radius 1 is 1.07 bits per heavy atom. The van der Waals surface area contributed by atoms with Crippen LogP contribution in [0.25, 0.3) is 0 Å². The molecule has 2 aliphatic rings. The Hall–Kier alpha value is -1.93. The van der Waals surface area contributed by atoms with Crippen LogP contribution >= 0.6 is 0 Å². The normalized spacial score (nSPS) is 22.6. The molecule has 1 aliphatic heterocycles. The SMILES string of the molecule is CCN(CC)S(=O)(=O)c1cc(CN2C(=O)[C@H]3CCCC[C@@H]3C2=O)ccc1OC. The highest BCUT2D eigenvalue weighted by Crippen LogP contribution is 2.39. The second-order valence-corrected chi connectivity index (χ2v) is 9.24. The lowest BCUT2D eigenvalue weighted by Crippen LogP contribution is -2.32. The second kappa shape index (κ2) is 8.21. The van der Waals surface area contributed by atoms with Gasteiger partial charge in [-0.25, -0.2) is 8.42 Å². The number of sulfonamides is 1. The Morgan fingerprint density at radius 3 is 2.14 bits per heavy atom. The third-order valence-electron chi connectivity index (χ3n) is 5.82. The van der Waals surface area contributed by atoms with Crippen molar-refractivity contribution >= 4 is 21.8 Å². The number of fused-ring (bicyclic) bond motifs is 1. The molecule has 3 rings (SSSR count). The topological polar surface area (TPSA) is 84.0 Å². The summed E-state index contributed by atoms with van der Waals surface area (Å²) in [6.07, 6.45) is 3.47. The molecule has 0 aromatic heterocycles. The predicted octanol–water partition coefficient (Wildman–Crippen LogP) is 2.40. The van der Waals surface area contributed by atoms with Gasteiger partial charge in [0.2, 0.25) is 21.8 Å². The number of carbonyl (C=O) groups excluding carboxylic acids is 2. The first-order chi connectivity index (χ1) is 13.3. The van der Waals surface area contributed by atoms with Crippen molar-refractivity contribution in [1.29, 1.82) is 0 Å². The molecule has 1 saturated heterocycles. The summed E-state index contributed by atoms with van der Waals surface area (Å²) in [5.74, 6) is -0.419. The third kappa shape index (κ3) is 3.55. The molecule has 1 heterocycles. The molecule has 154 valence electrons. The van der Waals surface area contributed by atoms with Crippen molar-refractivity contribution < 1.29 is 22.7 Å². The minimum absolute atomic E-state index is 0.0627. The maximum Gasteiger partial charge on any atom is 0.246 e. The van der Waals surface area contributed by atoms with Crippen LogP contribution in [-0.2, 0) is 26.2 Å². The molecule has 8 heteroatoms. The zero-order chi connectivity index (χ0) is 20.5. The van der Waals surface area contributed by atoms with Crippen molar-refractivity contribution in [3.05, 3.63) is 23.8 Å². The van der Waals surface area contributed by atoms with E-state index in [1.165, 1.54) is 22.4 Å². The van der Waals surface area contributed by atoms with Gasteiger partial charge in [-0.1, -0.05) is 32.8 Å². The predicted molar refractivity (Wildman–Crippen MR) is 104 cm³/mol. The number of carbonyl (C=O) groups is 2. The van der Waals surface area contributed by atoms with Crippen LogP contribution in [0.4, 0.5) is 0 Å². The van der Waals surface area contributed by atoms with Gasteiger partial charge in [0, 0.05) is 13.1 Å². The largest absolute Gasteiger partial charge is 0.495 e. The Balaban J connectivity index is 1.92. The van der Waals surface area contributed by atoms with Crippen molar-refractivity contribution in [1.82, 2.24) is 9.21 Å². The molecule has 0 spiro atoms. The second-order valence-electron chi connectivity index (χ2n) is 7.33. The smallest absolute Gasteiger partial charge is 0.246 e. The van der Waals surface area contributed by atoms with Crippen LogP contribution in [-0.4, -0.2) is 49.6 Å². The van der Waals surface area contributed by atoms with Crippen LogP contribution in [0.5, 0.6) is 5.75 Å². The van der Waals surface area contributed by atoms with E-state index >= 15 is 0 Å². The number of nitrogens with zero attached hydrogens (tertiary/aromatic N) is 2. The molecule has 0 unspecified atom stereocenters. The van der Waals surface area contributed by atoms with Crippen LogP contribution in [0.2, 0.25) is 0 Å². The summed E-state index contributed by atoms with van der Waals surface area (Å²) in [4.78, 5) is 26.8. The fraction of sp³-hybridized carbons (Fsp3) is 0.600. The van der Waals surface area contributed by atoms with Gasteiger partial charge in [0.1, 0.15) is 10.6 Å². The number of amides is 2. The quantitative estimate of drug-likeness (QED) is 0.647. The van der Waals surface area contributed by atoms with Crippen molar-refractivity contribution in [2.24, 2.45) is 11.8 Å². The van der Waals surface area contributed by atoms with Gasteiger partial charge in [0.05, 0.1) is 25.5 Å². The summed E-state index contributed by atoms with van der Waals surface area (Å²) in [5.41, 5.74) is 0.604. The zero-order valence-electron chi connectivity index (χ0n) is 16.7. The van der Waals surface area contributed by atoms with Gasteiger partial charge in [-0.05, 0) is 30.5 Å². The maximum atomic E-state index is 13.0. The van der Waals surface area contributed by atoms with Crippen LogP contribution < -0.4 is 4.74 Å². The van der Waals surface area contributed by atoms with Crippen LogP contribution in [0.15, 0.2) is 23.1 Å². The average Bonchev–Trinajstić information content (AvgIpc) is 2.94. The van der Waals surface area contributed by atoms with E-state index in [-0.39, 0.29) is 40.8 Å². The minimum Gasteiger partial charge on any atom is -0.495 e. The summed E-state index contributed by atoms with van der Waals surface area (Å²) in [6.45, 7) is 4.34. The van der Waals surface area contributed by atoms with Crippen LogP contribution in [0.1, 0.15) is 45.1 Å². The van der Waals surface area contributed by atoms with Gasteiger partial charge in [0.15, 0.2) is 0 Å². The third-order valence-corrected chi connectivity index (χ3v) is 7.90. The minimum atomic E-state index is -3.73. The molecule has 28 heavy (non-hydrogen) atoms. The van der Waals surface area contributed by atoms with Crippen LogP contribution in [0.3, 0.4) is 0 Å². The number of ether oxygens (including phenoxy) is 1. The van der Waals surface area contributed by atoms with Gasteiger partial charge in [0.25, 0.3) is 0 Å². The van der Waals surface area contributed by atoms with E-state index in [2.05, 4.69) is 0 Å². The number of methoxy groups -OCH3 is 1. The highest BCUT2D eigenvalue weighted by molar-refractivity contribution is 7.89. The van der Waals surface area contributed by atoms with E-state index in [0.717, 1.165) is 25.7 Å². The lowest BCUT2D eigenvalue weighted by Gasteiger charge is -2.21. The summed E-state index contributed by atoms with van der Waals surface area (Å²) < 4.78 is 32.6. The number of hydrogen-bond acceptors (Lipinski definition) is 5. The molecular formula is C20H28N2O5S. The summed E-state index contributed by atoms with van der Waals surface area (Å²) in [6, 6.07) is 4.82. The Morgan fingerprint density at radius 2 is 1.64 bits per heavy atom. The number of rotatable bonds is 7. The standard InChI is InChI=1S/C20H28N2O5S/c1-4-21(5-2)28(25,26)18-12-14(10-11-17(18)27-3)13-22-19(23)15-8-6-7-9-16(15)20(22)24/h10-12,15-16H,4-9,13H2,1-3H3/t15-,16-/m0/s1. The first kappa shape index (κ1) is 20.8. The maximum absolute atomic E-state index is 13.0. The molecule has 1 saturated carbocycles. The van der Waals surface area contributed by atoms with Crippen LogP contribution in [0, 0.1) is 11.8 Å². The fourth-order valence-corrected chi connectivity index (χ4v) is 5.96. The summed E-state index contributed by atoms with van der Waals surface area (Å²) in [5, 5.41) is 0. The Kier molecular flexibility index (Phi) is 6.09. The first-order valence-corrected chi connectivity index (χ1v) is 11.3. The molecule has 0 bridgehead atoms. The molecule has 2 fully saturated rings. The van der Waals surface area contributed by atoms with Crippen molar-refractivity contribution in [3.8, 4) is 5.75 Å². The molecule has 2 atom stereocenters. The van der Waals surface area contributed by atoms with Gasteiger partial charge in [-0.2, -0.15) is 4.31 Å². The van der Waals surface area contributed by atoms with Crippen molar-refractivity contribution in [2.45, 2.75) is 51.0 Å². The molecule has 1 aromatic carbocycles. The highest BCUT2D eigenvalue weighted by Gasteiger charge is 2.47. The molecule has 7 nitrogen and oxygen atoms in total. The number of likely N-dealkylation sites (tertiary alicyclic amines) is 1. The van der Waals surface area contributed by atoms with Gasteiger partial charge in [-0.3, -0.25) is 14.5 Å². The summed E-state index contributed by atoms with van der Waals surface area (Å²) in [7, 11) is -2.30. The lowest BCUT2D eigenvalue weighted by atomic mass is 9.81. The zero-order valence-corrected chi connectivity index (χ0v) is 17.5. The number of hydrogen-bond donors (Lipinski definition) is 0. The summed E-state index contributed by atoms with van der Waals surface area (Å²) >= 11 is 0. The lowest BCUT2D eigenvalue weighted by molar-refractivity contribution is -0.140. The van der Waals surface area contributed by atoms with Crippen molar-refractivity contribution in [3.63, 3.8) is 0 Å². The average molecular weight is 409 g/mol. The van der Waals surface area contributed by atoms with E-state index in [0.29, 0.717) is 18.7 Å². The Bertz CT molecular complexity index is 839. The number of imide groups is 1. The van der Waals surface area contributed by atoms with Gasteiger partial charge >= 0.3 is 0 Å². The molecule has 0 radical (unpaired) electrons. The van der Waals surface area contributed by atoms with Gasteiger partial charge < -0.3 is 4.74 Å². The van der Waals surface area contributed by atoms with E-state index in [1.807, 2.05) is 0 Å². The van der Waals surface area contributed by atoms with Crippen molar-refractivity contribution in [2.75, 3.05) is 20.2 Å². The monoisotopic (exact) mass is 408 g/mol. The fourth-order valence-electron chi connectivity index (χ4n) is 4.29. The first-order valence-electron chi connectivity index (χ1n) is 9.87. The molecule has 0 N–H and O–H groups in total. The van der Waals surface area contributed by atoms with E-state index in [4.69, 9.17) is 4.74 Å². The molecular weight excluding hydrogens is 380 g/mol. The van der Waals surface area contributed by atoms with E-state index in [1.54, 1.807) is 26.0 Å².